The molecule has 0 aliphatic heterocycles. The van der Waals surface area contributed by atoms with Crippen molar-refractivity contribution >= 4 is 23.5 Å². The normalized spacial score (nSPS) is 11.0. The number of amides is 1. The Kier molecular flexibility index (Phi) is 5.25. The van der Waals surface area contributed by atoms with Gasteiger partial charge < -0.3 is 9.15 Å². The summed E-state index contributed by atoms with van der Waals surface area (Å²) in [6.07, 6.45) is 1.37. The third kappa shape index (κ3) is 4.77. The number of thiophene rings is 1. The van der Waals surface area contributed by atoms with Gasteiger partial charge >= 0.3 is 5.91 Å². The molecule has 1 aromatic carbocycles. The van der Waals surface area contributed by atoms with Gasteiger partial charge in [-0.3, -0.25) is 4.79 Å². The minimum atomic E-state index is -0.491. The maximum Gasteiger partial charge on any atom is 0.307 e. The Morgan fingerprint density at radius 1 is 1.32 bits per heavy atom. The standard InChI is InChI=1S/C18H15FN2O3S/c1-12-3-2-4-13(9-12)23-11-14-5-7-16(24-14)18(22)21-20-10-15-6-8-17(19)25-15/h2-10H,11H2,1H3,(H,21,22)/b20-10+. The first kappa shape index (κ1) is 16.9. The van der Waals surface area contributed by atoms with Crippen LogP contribution in [0.3, 0.4) is 0 Å². The van der Waals surface area contributed by atoms with Crippen LogP contribution in [-0.2, 0) is 6.61 Å². The lowest BCUT2D eigenvalue weighted by atomic mass is 10.2. The summed E-state index contributed by atoms with van der Waals surface area (Å²) >= 11 is 0.938. The minimum Gasteiger partial charge on any atom is -0.486 e. The summed E-state index contributed by atoms with van der Waals surface area (Å²) in [7, 11) is 0. The Bertz CT molecular complexity index is 901. The topological polar surface area (TPSA) is 63.8 Å². The van der Waals surface area contributed by atoms with Crippen LogP contribution in [0.25, 0.3) is 0 Å². The Balaban J connectivity index is 1.53. The Labute approximate surface area is 147 Å². The number of aryl methyl sites for hydroxylation is 1. The largest absolute Gasteiger partial charge is 0.486 e. The average Bonchev–Trinajstić information content (AvgIpc) is 3.22. The molecule has 25 heavy (non-hydrogen) atoms. The predicted molar refractivity (Wildman–Crippen MR) is 93.6 cm³/mol. The zero-order valence-corrected chi connectivity index (χ0v) is 14.2. The number of ether oxygens (including phenoxy) is 1. The number of halogens is 1. The molecule has 2 aromatic heterocycles. The number of benzene rings is 1. The Hall–Kier alpha value is -2.93. The van der Waals surface area contributed by atoms with E-state index in [-0.39, 0.29) is 17.5 Å². The zero-order chi connectivity index (χ0) is 17.6. The summed E-state index contributed by atoms with van der Waals surface area (Å²) in [5.74, 6) is 0.888. The molecule has 0 unspecified atom stereocenters. The van der Waals surface area contributed by atoms with Crippen LogP contribution in [0.15, 0.2) is 58.0 Å². The van der Waals surface area contributed by atoms with E-state index in [2.05, 4.69) is 10.5 Å². The molecule has 0 radical (unpaired) electrons. The van der Waals surface area contributed by atoms with Crippen LogP contribution in [0.1, 0.15) is 26.8 Å². The Morgan fingerprint density at radius 2 is 2.20 bits per heavy atom. The summed E-state index contributed by atoms with van der Waals surface area (Å²) in [5.41, 5.74) is 3.43. The van der Waals surface area contributed by atoms with Crippen LogP contribution in [0, 0.1) is 12.1 Å². The highest BCUT2D eigenvalue weighted by Crippen LogP contribution is 2.16. The van der Waals surface area contributed by atoms with E-state index in [4.69, 9.17) is 9.15 Å². The molecule has 1 amide bonds. The molecule has 5 nitrogen and oxygen atoms in total. The highest BCUT2D eigenvalue weighted by molar-refractivity contribution is 7.12. The molecule has 0 spiro atoms. The van der Waals surface area contributed by atoms with Crippen LogP contribution in [0.5, 0.6) is 5.75 Å². The molecule has 7 heteroatoms. The maximum atomic E-state index is 12.8. The van der Waals surface area contributed by atoms with Crippen molar-refractivity contribution in [2.45, 2.75) is 13.5 Å². The van der Waals surface area contributed by atoms with Crippen molar-refractivity contribution < 1.29 is 18.3 Å². The van der Waals surface area contributed by atoms with E-state index >= 15 is 0 Å². The number of hydrazone groups is 1. The minimum absolute atomic E-state index is 0.123. The van der Waals surface area contributed by atoms with E-state index in [0.29, 0.717) is 10.6 Å². The van der Waals surface area contributed by atoms with Crippen molar-refractivity contribution in [2.24, 2.45) is 5.10 Å². The van der Waals surface area contributed by atoms with Gasteiger partial charge in [0.15, 0.2) is 10.9 Å². The van der Waals surface area contributed by atoms with E-state index in [1.165, 1.54) is 12.3 Å². The van der Waals surface area contributed by atoms with Gasteiger partial charge in [-0.25, -0.2) is 5.43 Å². The zero-order valence-electron chi connectivity index (χ0n) is 13.4. The molecule has 0 saturated heterocycles. The van der Waals surface area contributed by atoms with Crippen molar-refractivity contribution in [1.82, 2.24) is 5.43 Å². The number of carbonyl (C=O) groups excluding carboxylic acids is 1. The lowest BCUT2D eigenvalue weighted by Gasteiger charge is -2.04. The van der Waals surface area contributed by atoms with Crippen molar-refractivity contribution in [3.05, 3.63) is 75.6 Å². The fourth-order valence-electron chi connectivity index (χ4n) is 2.04. The van der Waals surface area contributed by atoms with Gasteiger partial charge in [0, 0.05) is 0 Å². The molecule has 3 aromatic rings. The van der Waals surface area contributed by atoms with Crippen LogP contribution >= 0.6 is 11.3 Å². The number of carbonyl (C=O) groups is 1. The fourth-order valence-corrected chi connectivity index (χ4v) is 2.65. The van der Waals surface area contributed by atoms with E-state index < -0.39 is 5.91 Å². The first-order valence-electron chi connectivity index (χ1n) is 7.47. The van der Waals surface area contributed by atoms with E-state index in [1.807, 2.05) is 31.2 Å². The van der Waals surface area contributed by atoms with Gasteiger partial charge in [0.05, 0.1) is 11.1 Å². The second kappa shape index (κ2) is 7.76. The summed E-state index contributed by atoms with van der Waals surface area (Å²) in [4.78, 5) is 12.5. The van der Waals surface area contributed by atoms with E-state index in [1.54, 1.807) is 18.2 Å². The number of furan rings is 1. The number of nitrogens with zero attached hydrogens (tertiary/aromatic N) is 1. The number of rotatable bonds is 6. The number of nitrogens with one attached hydrogen (secondary N) is 1. The van der Waals surface area contributed by atoms with Gasteiger partial charge in [0.1, 0.15) is 18.1 Å². The second-order valence-corrected chi connectivity index (χ2v) is 6.28. The van der Waals surface area contributed by atoms with E-state index in [0.717, 1.165) is 22.6 Å². The van der Waals surface area contributed by atoms with Gasteiger partial charge in [-0.15, -0.1) is 11.3 Å². The molecule has 3 rings (SSSR count). The number of hydrogen-bond acceptors (Lipinski definition) is 5. The van der Waals surface area contributed by atoms with Crippen LogP contribution in [0.2, 0.25) is 0 Å². The molecular formula is C18H15FN2O3S. The van der Waals surface area contributed by atoms with Gasteiger partial charge in [-0.1, -0.05) is 12.1 Å². The van der Waals surface area contributed by atoms with Crippen molar-refractivity contribution in [3.63, 3.8) is 0 Å². The summed E-state index contributed by atoms with van der Waals surface area (Å²) in [6, 6.07) is 13.8. The van der Waals surface area contributed by atoms with Gasteiger partial charge in [0.25, 0.3) is 0 Å². The van der Waals surface area contributed by atoms with Crippen molar-refractivity contribution in [1.29, 1.82) is 0 Å². The second-order valence-electron chi connectivity index (χ2n) is 5.21. The first-order valence-corrected chi connectivity index (χ1v) is 8.29. The third-order valence-electron chi connectivity index (χ3n) is 3.21. The summed E-state index contributed by atoms with van der Waals surface area (Å²) in [5, 5.41) is 3.46. The third-order valence-corrected chi connectivity index (χ3v) is 4.02. The van der Waals surface area contributed by atoms with Crippen LogP contribution < -0.4 is 10.2 Å². The maximum absolute atomic E-state index is 12.8. The monoisotopic (exact) mass is 358 g/mol. The number of hydrogen-bond donors (Lipinski definition) is 1. The summed E-state index contributed by atoms with van der Waals surface area (Å²) in [6.45, 7) is 2.20. The summed E-state index contributed by atoms with van der Waals surface area (Å²) < 4.78 is 23.9. The average molecular weight is 358 g/mol. The fraction of sp³-hybridized carbons (Fsp3) is 0.111. The molecule has 0 aliphatic carbocycles. The van der Waals surface area contributed by atoms with Gasteiger partial charge in [-0.05, 0) is 48.9 Å². The molecular weight excluding hydrogens is 343 g/mol. The van der Waals surface area contributed by atoms with Crippen LogP contribution in [-0.4, -0.2) is 12.1 Å². The molecule has 0 atom stereocenters. The highest BCUT2D eigenvalue weighted by atomic mass is 32.1. The molecule has 0 bridgehead atoms. The quantitative estimate of drug-likeness (QED) is 0.532. The highest BCUT2D eigenvalue weighted by Gasteiger charge is 2.11. The van der Waals surface area contributed by atoms with Crippen LogP contribution in [0.4, 0.5) is 4.39 Å². The SMILES string of the molecule is Cc1cccc(OCc2ccc(C(=O)N/N=C/c3ccc(F)s3)o2)c1. The van der Waals surface area contributed by atoms with Gasteiger partial charge in [-0.2, -0.15) is 9.49 Å². The predicted octanol–water partition coefficient (Wildman–Crippen LogP) is 4.13. The molecule has 1 N–H and O–H groups in total. The molecule has 2 heterocycles. The molecule has 128 valence electrons. The molecule has 0 fully saturated rings. The van der Waals surface area contributed by atoms with Crippen molar-refractivity contribution in [2.75, 3.05) is 0 Å². The molecule has 0 saturated carbocycles. The Morgan fingerprint density at radius 3 is 2.96 bits per heavy atom. The smallest absolute Gasteiger partial charge is 0.307 e. The van der Waals surface area contributed by atoms with E-state index in [9.17, 15) is 9.18 Å². The van der Waals surface area contributed by atoms with Crippen molar-refractivity contribution in [3.8, 4) is 5.75 Å². The lowest BCUT2D eigenvalue weighted by Crippen LogP contribution is -2.16. The first-order chi connectivity index (χ1) is 12.1. The molecule has 0 aliphatic rings. The van der Waals surface area contributed by atoms with Gasteiger partial charge in [0.2, 0.25) is 0 Å². The lowest BCUT2D eigenvalue weighted by molar-refractivity contribution is 0.0923.